The lowest BCUT2D eigenvalue weighted by Crippen LogP contribution is -2.50. The number of nitrogens with two attached hydrogens (primary N) is 1. The van der Waals surface area contributed by atoms with Crippen LogP contribution in [0.4, 0.5) is 14.5 Å². The number of aliphatic hydroxyl groups is 1. The summed E-state index contributed by atoms with van der Waals surface area (Å²) in [6.45, 7) is 0.641. The van der Waals surface area contributed by atoms with E-state index in [9.17, 15) is 23.5 Å². The molecule has 2 unspecified atom stereocenters. The van der Waals surface area contributed by atoms with Gasteiger partial charge in [0.15, 0.2) is 22.8 Å². The van der Waals surface area contributed by atoms with Gasteiger partial charge in [-0.3, -0.25) is 4.79 Å². The van der Waals surface area contributed by atoms with Crippen LogP contribution in [-0.4, -0.2) is 88.4 Å². The van der Waals surface area contributed by atoms with Gasteiger partial charge >= 0.3 is 5.97 Å². The number of hydrogen-bond donors (Lipinski definition) is 2. The summed E-state index contributed by atoms with van der Waals surface area (Å²) in [6.07, 6.45) is -0.588. The second-order valence-electron chi connectivity index (χ2n) is 7.46. The van der Waals surface area contributed by atoms with E-state index in [1.807, 2.05) is 0 Å². The number of methoxy groups -OCH3 is 2. The Morgan fingerprint density at radius 1 is 1.18 bits per heavy atom. The number of halogens is 2. The molecule has 11 nitrogen and oxygen atoms in total. The first-order valence-corrected chi connectivity index (χ1v) is 10.6. The van der Waals surface area contributed by atoms with Crippen molar-refractivity contribution in [2.75, 3.05) is 45.3 Å². The van der Waals surface area contributed by atoms with Crippen LogP contribution in [0, 0.1) is 11.6 Å². The summed E-state index contributed by atoms with van der Waals surface area (Å²) < 4.78 is 40.3. The number of aromatic nitrogens is 3. The molecule has 1 amide bonds. The van der Waals surface area contributed by atoms with E-state index in [1.54, 1.807) is 0 Å². The van der Waals surface area contributed by atoms with Gasteiger partial charge in [-0.05, 0) is 12.2 Å². The minimum absolute atomic E-state index is 0.0946. The second-order valence-corrected chi connectivity index (χ2v) is 7.86. The van der Waals surface area contributed by atoms with Crippen LogP contribution in [-0.2, 0) is 19.1 Å². The quantitative estimate of drug-likeness (QED) is 0.399. The minimum atomic E-state index is -1.56. The Morgan fingerprint density at radius 2 is 1.79 bits per heavy atom. The van der Waals surface area contributed by atoms with Gasteiger partial charge in [-0.15, -0.1) is 5.10 Å². The number of carbonyl (C=O) groups excluding carboxylic acids is 2. The molecule has 0 aliphatic carbocycles. The molecule has 1 aliphatic heterocycles. The Labute approximate surface area is 199 Å². The molecule has 0 radical (unpaired) electrons. The van der Waals surface area contributed by atoms with E-state index in [0.29, 0.717) is 0 Å². The van der Waals surface area contributed by atoms with Crippen molar-refractivity contribution < 1.29 is 33.0 Å². The smallest absolute Gasteiger partial charge is 0.335 e. The molecule has 0 saturated carbocycles. The lowest BCUT2D eigenvalue weighted by Gasteiger charge is -2.36. The number of ether oxygens (including phenoxy) is 2. The molecule has 2 heterocycles. The van der Waals surface area contributed by atoms with Gasteiger partial charge in [0.25, 0.3) is 0 Å². The van der Waals surface area contributed by atoms with Gasteiger partial charge in [0, 0.05) is 38.3 Å². The number of aliphatic hydroxyl groups excluding tert-OH is 1. The third-order valence-electron chi connectivity index (χ3n) is 5.34. The first-order valence-electron chi connectivity index (χ1n) is 10.2. The molecule has 184 valence electrons. The Hall–Kier alpha value is -3.23. The van der Waals surface area contributed by atoms with Gasteiger partial charge in [-0.1, -0.05) is 5.21 Å². The average Bonchev–Trinajstić information content (AvgIpc) is 3.32. The fourth-order valence-corrected chi connectivity index (χ4v) is 3.59. The van der Waals surface area contributed by atoms with Gasteiger partial charge < -0.3 is 30.1 Å². The normalized spacial score (nSPS) is 15.6. The molecule has 1 aromatic heterocycles. The third kappa shape index (κ3) is 5.46. The van der Waals surface area contributed by atoms with Crippen molar-refractivity contribution in [3.8, 4) is 5.69 Å². The van der Waals surface area contributed by atoms with Gasteiger partial charge in [0.1, 0.15) is 17.4 Å². The van der Waals surface area contributed by atoms with E-state index >= 15 is 0 Å². The zero-order valence-corrected chi connectivity index (χ0v) is 19.3. The monoisotopic (exact) mass is 498 g/mol. The van der Waals surface area contributed by atoms with E-state index < -0.39 is 42.1 Å². The molecule has 0 spiro atoms. The first-order chi connectivity index (χ1) is 16.2. The van der Waals surface area contributed by atoms with Crippen molar-refractivity contribution in [1.82, 2.24) is 19.9 Å². The van der Waals surface area contributed by atoms with Crippen molar-refractivity contribution in [1.29, 1.82) is 0 Å². The predicted octanol–water partition coefficient (Wildman–Crippen LogP) is 0.0917. The predicted molar refractivity (Wildman–Crippen MR) is 119 cm³/mol. The summed E-state index contributed by atoms with van der Waals surface area (Å²) in [5, 5.41) is 17.5. The summed E-state index contributed by atoms with van der Waals surface area (Å²) in [4.78, 5) is 26.5. The number of hydrogen-bond acceptors (Lipinski definition) is 10. The zero-order chi connectivity index (χ0) is 25.0. The van der Waals surface area contributed by atoms with Crippen LogP contribution < -0.4 is 10.6 Å². The Balaban J connectivity index is 1.68. The van der Waals surface area contributed by atoms with Crippen molar-refractivity contribution in [3.05, 3.63) is 35.7 Å². The maximum Gasteiger partial charge on any atom is 0.335 e. The minimum Gasteiger partial charge on any atom is -0.488 e. The van der Waals surface area contributed by atoms with Gasteiger partial charge in [0.05, 0.1) is 32.5 Å². The van der Waals surface area contributed by atoms with Crippen LogP contribution in [0.1, 0.15) is 18.2 Å². The molecule has 1 saturated heterocycles. The molecule has 1 aromatic carbocycles. The number of thiocarbonyl (C=S) groups is 1. The lowest BCUT2D eigenvalue weighted by molar-refractivity contribution is -0.154. The lowest BCUT2D eigenvalue weighted by atomic mass is 10.2. The molecule has 1 fully saturated rings. The topological polar surface area (TPSA) is 136 Å². The van der Waals surface area contributed by atoms with Crippen LogP contribution >= 0.6 is 12.2 Å². The SMILES string of the molecule is COC(=O)C(O)CC(=O)N1CCN(c2c(F)cc(-n3cc(C(N)C(=S)OC)nn3)cc2F)CC1. The van der Waals surface area contributed by atoms with Crippen molar-refractivity contribution in [2.24, 2.45) is 5.73 Å². The highest BCUT2D eigenvalue weighted by atomic mass is 32.1. The Morgan fingerprint density at radius 3 is 2.35 bits per heavy atom. The largest absolute Gasteiger partial charge is 0.488 e. The molecule has 3 N–H and O–H groups in total. The number of amides is 1. The van der Waals surface area contributed by atoms with E-state index in [-0.39, 0.29) is 48.3 Å². The number of nitrogens with zero attached hydrogens (tertiary/aromatic N) is 5. The summed E-state index contributed by atoms with van der Waals surface area (Å²) >= 11 is 4.97. The number of anilines is 1. The number of esters is 1. The van der Waals surface area contributed by atoms with Gasteiger partial charge in [-0.25, -0.2) is 18.3 Å². The molecule has 1 aliphatic rings. The number of benzene rings is 1. The van der Waals surface area contributed by atoms with Crippen LogP contribution in [0.15, 0.2) is 18.3 Å². The third-order valence-corrected chi connectivity index (χ3v) is 5.76. The van der Waals surface area contributed by atoms with Crippen LogP contribution in [0.3, 0.4) is 0 Å². The van der Waals surface area contributed by atoms with Gasteiger partial charge in [0.2, 0.25) is 5.91 Å². The second kappa shape index (κ2) is 10.8. The fourth-order valence-electron chi connectivity index (χ4n) is 3.47. The van der Waals surface area contributed by atoms with Crippen molar-refractivity contribution in [3.63, 3.8) is 0 Å². The number of piperazine rings is 1. The first kappa shape index (κ1) is 25.4. The number of rotatable bonds is 7. The summed E-state index contributed by atoms with van der Waals surface area (Å²) in [6, 6.07) is 1.40. The van der Waals surface area contributed by atoms with Crippen molar-refractivity contribution in [2.45, 2.75) is 18.6 Å². The number of carbonyl (C=O) groups is 2. The van der Waals surface area contributed by atoms with Crippen LogP contribution in [0.25, 0.3) is 5.69 Å². The summed E-state index contributed by atoms with van der Waals surface area (Å²) in [5.74, 6) is -2.99. The fraction of sp³-hybridized carbons (Fsp3) is 0.450. The molecule has 3 rings (SSSR count). The van der Waals surface area contributed by atoms with Gasteiger partial charge in [-0.2, -0.15) is 0 Å². The van der Waals surface area contributed by atoms with E-state index in [2.05, 4.69) is 15.0 Å². The maximum absolute atomic E-state index is 14.9. The van der Waals surface area contributed by atoms with E-state index in [0.717, 1.165) is 19.2 Å². The highest BCUT2D eigenvalue weighted by Gasteiger charge is 2.28. The summed E-state index contributed by atoms with van der Waals surface area (Å²) in [5.41, 5.74) is 6.04. The Kier molecular flexibility index (Phi) is 8.06. The highest BCUT2D eigenvalue weighted by molar-refractivity contribution is 7.80. The standard InChI is InChI=1S/C20H24F2N6O5S/c1-32-19(31)15(29)9-16(30)26-3-5-27(6-4-26)18-12(21)7-11(8-13(18)22)28-10-14(24-25-28)17(23)20(34)33-2/h7-8,10,15,17,29H,3-6,9,23H2,1-2H3. The molecular weight excluding hydrogens is 474 g/mol. The van der Waals surface area contributed by atoms with Crippen molar-refractivity contribution >= 4 is 34.8 Å². The summed E-state index contributed by atoms with van der Waals surface area (Å²) in [7, 11) is 2.48. The molecule has 14 heteroatoms. The maximum atomic E-state index is 14.9. The molecule has 2 aromatic rings. The zero-order valence-electron chi connectivity index (χ0n) is 18.5. The highest BCUT2D eigenvalue weighted by Crippen LogP contribution is 2.28. The molecular formula is C20H24F2N6O5S. The molecule has 2 atom stereocenters. The average molecular weight is 499 g/mol. The van der Waals surface area contributed by atoms with E-state index in [4.69, 9.17) is 22.7 Å². The van der Waals surface area contributed by atoms with Crippen LogP contribution in [0.5, 0.6) is 0 Å². The van der Waals surface area contributed by atoms with Crippen LogP contribution in [0.2, 0.25) is 0 Å². The molecule has 34 heavy (non-hydrogen) atoms. The molecule has 0 bridgehead atoms. The Bertz CT molecular complexity index is 1050. The van der Waals surface area contributed by atoms with E-state index in [1.165, 1.54) is 27.8 Å².